The normalized spacial score (nSPS) is 29.9. The van der Waals surface area contributed by atoms with Crippen LogP contribution in [0.4, 0.5) is 4.39 Å². The first kappa shape index (κ1) is 14.0. The molecule has 0 unspecified atom stereocenters. The summed E-state index contributed by atoms with van der Waals surface area (Å²) in [4.78, 5) is 0. The third-order valence-corrected chi connectivity index (χ3v) is 3.82. The van der Waals surface area contributed by atoms with Crippen LogP contribution < -0.4 is 5.32 Å². The number of benzene rings is 1. The van der Waals surface area contributed by atoms with Gasteiger partial charge in [0.2, 0.25) is 0 Å². The zero-order chi connectivity index (χ0) is 14.3. The third kappa shape index (κ3) is 2.79. The molecule has 2 nitrogen and oxygen atoms in total. The second-order valence-corrected chi connectivity index (χ2v) is 6.94. The maximum Gasteiger partial charge on any atom is 0.123 e. The number of hydrogen-bond acceptors (Lipinski definition) is 2. The Morgan fingerprint density at radius 2 is 2.11 bits per heavy atom. The van der Waals surface area contributed by atoms with Gasteiger partial charge in [-0.2, -0.15) is 5.26 Å². The number of nitrogens with zero attached hydrogens (tertiary/aromatic N) is 1. The topological polar surface area (TPSA) is 35.8 Å². The van der Waals surface area contributed by atoms with Crippen LogP contribution in [0.5, 0.6) is 0 Å². The van der Waals surface area contributed by atoms with Gasteiger partial charge in [-0.3, -0.25) is 5.32 Å². The molecule has 1 aromatic rings. The molecule has 102 valence electrons. The predicted molar refractivity (Wildman–Crippen MR) is 74.1 cm³/mol. The van der Waals surface area contributed by atoms with Gasteiger partial charge in [0.05, 0.1) is 6.07 Å². The second kappa shape index (κ2) is 4.31. The van der Waals surface area contributed by atoms with Gasteiger partial charge < -0.3 is 0 Å². The minimum Gasteiger partial charge on any atom is -0.294 e. The van der Waals surface area contributed by atoms with Gasteiger partial charge in [-0.25, -0.2) is 4.39 Å². The van der Waals surface area contributed by atoms with Crippen LogP contribution in [-0.4, -0.2) is 11.1 Å². The average molecular weight is 260 g/mol. The molecule has 0 heterocycles. The van der Waals surface area contributed by atoms with Crippen LogP contribution in [0.1, 0.15) is 39.7 Å². The zero-order valence-electron chi connectivity index (χ0n) is 12.0. The van der Waals surface area contributed by atoms with Crippen molar-refractivity contribution >= 4 is 0 Å². The lowest BCUT2D eigenvalue weighted by Crippen LogP contribution is -2.47. The molecule has 0 spiro atoms. The fraction of sp³-hybridized carbons (Fsp3) is 0.562. The standard InChI is InChI=1S/C16H21FN2/c1-14(2,3)19-16(11-18)10-15(16,4)9-12-6-5-7-13(17)8-12/h5-8,19H,9-10H2,1-4H3/t15-,16+/m0/s1. The van der Waals surface area contributed by atoms with Crippen LogP contribution in [0.2, 0.25) is 0 Å². The summed E-state index contributed by atoms with van der Waals surface area (Å²) in [5.74, 6) is -0.215. The highest BCUT2D eigenvalue weighted by Gasteiger charge is 2.65. The van der Waals surface area contributed by atoms with Gasteiger partial charge in [0.15, 0.2) is 0 Å². The highest BCUT2D eigenvalue weighted by molar-refractivity contribution is 5.35. The molecule has 0 bridgehead atoms. The summed E-state index contributed by atoms with van der Waals surface area (Å²) < 4.78 is 13.2. The number of rotatable bonds is 3. The van der Waals surface area contributed by atoms with E-state index in [1.165, 1.54) is 6.07 Å². The highest BCUT2D eigenvalue weighted by Crippen LogP contribution is 2.58. The maximum atomic E-state index is 13.2. The maximum absolute atomic E-state index is 13.2. The van der Waals surface area contributed by atoms with E-state index in [2.05, 4.69) is 39.1 Å². The summed E-state index contributed by atoms with van der Waals surface area (Å²) in [5.41, 5.74) is 0.242. The van der Waals surface area contributed by atoms with Gasteiger partial charge in [0, 0.05) is 11.0 Å². The van der Waals surface area contributed by atoms with Crippen LogP contribution in [-0.2, 0) is 6.42 Å². The molecule has 1 saturated carbocycles. The molecule has 0 radical (unpaired) electrons. The van der Waals surface area contributed by atoms with Gasteiger partial charge in [0.25, 0.3) is 0 Å². The lowest BCUT2D eigenvalue weighted by atomic mass is 9.92. The minimum atomic E-state index is -0.489. The quantitative estimate of drug-likeness (QED) is 0.903. The van der Waals surface area contributed by atoms with Crippen LogP contribution in [0.25, 0.3) is 0 Å². The van der Waals surface area contributed by atoms with E-state index in [9.17, 15) is 9.65 Å². The van der Waals surface area contributed by atoms with Crippen molar-refractivity contribution in [2.24, 2.45) is 5.41 Å². The van der Waals surface area contributed by atoms with Gasteiger partial charge in [-0.1, -0.05) is 19.1 Å². The summed E-state index contributed by atoms with van der Waals surface area (Å²) >= 11 is 0. The largest absolute Gasteiger partial charge is 0.294 e. The van der Waals surface area contributed by atoms with E-state index in [1.54, 1.807) is 12.1 Å². The van der Waals surface area contributed by atoms with Gasteiger partial charge in [0.1, 0.15) is 11.4 Å². The first-order chi connectivity index (χ1) is 8.70. The summed E-state index contributed by atoms with van der Waals surface area (Å²) in [7, 11) is 0. The van der Waals surface area contributed by atoms with Crippen LogP contribution in [0.3, 0.4) is 0 Å². The first-order valence-corrected chi connectivity index (χ1v) is 6.65. The van der Waals surface area contributed by atoms with Crippen LogP contribution >= 0.6 is 0 Å². The molecular formula is C16H21FN2. The summed E-state index contributed by atoms with van der Waals surface area (Å²) in [6.07, 6.45) is 1.53. The van der Waals surface area contributed by atoms with Crippen molar-refractivity contribution in [3.05, 3.63) is 35.6 Å². The Morgan fingerprint density at radius 3 is 2.63 bits per heavy atom. The summed E-state index contributed by atoms with van der Waals surface area (Å²) in [6.45, 7) is 8.28. The fourth-order valence-electron chi connectivity index (χ4n) is 2.89. The average Bonchev–Trinajstić information content (AvgIpc) is 2.80. The zero-order valence-corrected chi connectivity index (χ0v) is 12.0. The highest BCUT2D eigenvalue weighted by atomic mass is 19.1. The van der Waals surface area contributed by atoms with Gasteiger partial charge >= 0.3 is 0 Å². The minimum absolute atomic E-state index is 0.102. The number of nitrogens with one attached hydrogen (secondary N) is 1. The van der Waals surface area contributed by atoms with E-state index in [0.29, 0.717) is 0 Å². The van der Waals surface area contributed by atoms with Crippen LogP contribution in [0, 0.1) is 22.6 Å². The molecule has 1 fully saturated rings. The molecular weight excluding hydrogens is 239 g/mol. The van der Waals surface area contributed by atoms with Gasteiger partial charge in [-0.15, -0.1) is 0 Å². The molecule has 3 heteroatoms. The number of halogens is 1. The van der Waals surface area contributed by atoms with Crippen molar-refractivity contribution in [3.8, 4) is 6.07 Å². The molecule has 1 N–H and O–H groups in total. The van der Waals surface area contributed by atoms with Crippen molar-refractivity contribution in [1.29, 1.82) is 5.26 Å². The molecule has 0 aromatic heterocycles. The van der Waals surface area contributed by atoms with E-state index in [4.69, 9.17) is 0 Å². The SMILES string of the molecule is CC(C)(C)N[C@@]1(C#N)C[C@]1(C)Cc1cccc(F)c1. The van der Waals surface area contributed by atoms with Crippen molar-refractivity contribution in [3.63, 3.8) is 0 Å². The molecule has 1 aromatic carbocycles. The second-order valence-electron chi connectivity index (χ2n) is 6.94. The smallest absolute Gasteiger partial charge is 0.123 e. The van der Waals surface area contributed by atoms with E-state index in [-0.39, 0.29) is 16.8 Å². The number of nitriles is 1. The van der Waals surface area contributed by atoms with Crippen LogP contribution in [0.15, 0.2) is 24.3 Å². The number of hydrogen-bond donors (Lipinski definition) is 1. The first-order valence-electron chi connectivity index (χ1n) is 6.65. The van der Waals surface area contributed by atoms with Gasteiger partial charge in [-0.05, 0) is 51.3 Å². The van der Waals surface area contributed by atoms with Crippen molar-refractivity contribution in [2.75, 3.05) is 0 Å². The third-order valence-electron chi connectivity index (χ3n) is 3.82. The van der Waals surface area contributed by atoms with Crippen molar-refractivity contribution in [1.82, 2.24) is 5.32 Å². The van der Waals surface area contributed by atoms with E-state index in [1.807, 2.05) is 6.07 Å². The summed E-state index contributed by atoms with van der Waals surface area (Å²) in [5, 5.41) is 12.9. The molecule has 1 aliphatic rings. The van der Waals surface area contributed by atoms with E-state index < -0.39 is 5.54 Å². The Bertz CT molecular complexity index is 526. The Morgan fingerprint density at radius 1 is 1.42 bits per heavy atom. The van der Waals surface area contributed by atoms with E-state index >= 15 is 0 Å². The molecule has 19 heavy (non-hydrogen) atoms. The monoisotopic (exact) mass is 260 g/mol. The van der Waals surface area contributed by atoms with Crippen molar-refractivity contribution in [2.45, 2.75) is 51.6 Å². The van der Waals surface area contributed by atoms with Crippen molar-refractivity contribution < 1.29 is 4.39 Å². The predicted octanol–water partition coefficient (Wildman–Crippen LogP) is 3.43. The lowest BCUT2D eigenvalue weighted by Gasteiger charge is -2.28. The Balaban J connectivity index is 2.16. The lowest BCUT2D eigenvalue weighted by molar-refractivity contribution is 0.333. The fourth-order valence-corrected chi connectivity index (χ4v) is 2.89. The Kier molecular flexibility index (Phi) is 3.18. The molecule has 2 atom stereocenters. The summed E-state index contributed by atoms with van der Waals surface area (Å²) in [6, 6.07) is 9.08. The Hall–Kier alpha value is -1.40. The molecule has 0 saturated heterocycles. The molecule has 1 aliphatic carbocycles. The molecule has 2 rings (SSSR count). The molecule has 0 amide bonds. The van der Waals surface area contributed by atoms with E-state index in [0.717, 1.165) is 18.4 Å². The Labute approximate surface area is 114 Å². The molecule has 0 aliphatic heterocycles.